The van der Waals surface area contributed by atoms with Crippen LogP contribution in [0.25, 0.3) is 10.9 Å². The fraction of sp³-hybridized carbons (Fsp3) is 0.375. The molecule has 7 heteroatoms. The first kappa shape index (κ1) is 18.7. The van der Waals surface area contributed by atoms with Crippen LogP contribution >= 0.6 is 43.6 Å². The molecule has 1 heterocycles. The van der Waals surface area contributed by atoms with Crippen molar-refractivity contribution in [3.05, 3.63) is 44.1 Å². The van der Waals surface area contributed by atoms with Crippen molar-refractivity contribution in [1.82, 2.24) is 9.55 Å². The normalized spacial score (nSPS) is 11.1. The Morgan fingerprint density at radius 2 is 2.26 bits per heavy atom. The molecule has 4 nitrogen and oxygen atoms in total. The number of hydrogen-bond acceptors (Lipinski definition) is 4. The van der Waals surface area contributed by atoms with E-state index in [4.69, 9.17) is 4.74 Å². The third-order valence-electron chi connectivity index (χ3n) is 3.11. The van der Waals surface area contributed by atoms with E-state index < -0.39 is 0 Å². The summed E-state index contributed by atoms with van der Waals surface area (Å²) >= 11 is 8.27. The van der Waals surface area contributed by atoms with Gasteiger partial charge in [0.25, 0.3) is 5.56 Å². The summed E-state index contributed by atoms with van der Waals surface area (Å²) in [6.07, 6.45) is 0.776. The van der Waals surface area contributed by atoms with E-state index in [0.29, 0.717) is 41.6 Å². The van der Waals surface area contributed by atoms with Gasteiger partial charge in [-0.3, -0.25) is 9.36 Å². The van der Waals surface area contributed by atoms with Gasteiger partial charge in [0.2, 0.25) is 0 Å². The number of rotatable bonds is 8. The molecule has 0 aliphatic heterocycles. The quantitative estimate of drug-likeness (QED) is 0.327. The van der Waals surface area contributed by atoms with Crippen LogP contribution in [0.2, 0.25) is 0 Å². The number of nitrogens with zero attached hydrogens (tertiary/aromatic N) is 2. The maximum Gasteiger partial charge on any atom is 0.262 e. The first-order valence-electron chi connectivity index (χ1n) is 7.27. The molecular weight excluding hydrogens is 444 g/mol. The Bertz CT molecular complexity index is 762. The Labute approximate surface area is 156 Å². The highest BCUT2D eigenvalue weighted by Gasteiger charge is 2.12. The van der Waals surface area contributed by atoms with Crippen LogP contribution in [0.1, 0.15) is 13.3 Å². The lowest BCUT2D eigenvalue weighted by Crippen LogP contribution is -2.24. The van der Waals surface area contributed by atoms with E-state index >= 15 is 0 Å². The van der Waals surface area contributed by atoms with E-state index in [2.05, 4.69) is 43.4 Å². The van der Waals surface area contributed by atoms with Crippen molar-refractivity contribution in [3.8, 4) is 0 Å². The monoisotopic (exact) mass is 460 g/mol. The second-order valence-electron chi connectivity index (χ2n) is 4.87. The Balaban J connectivity index is 2.40. The van der Waals surface area contributed by atoms with Crippen molar-refractivity contribution in [3.63, 3.8) is 0 Å². The van der Waals surface area contributed by atoms with Crippen molar-refractivity contribution in [2.24, 2.45) is 0 Å². The van der Waals surface area contributed by atoms with E-state index in [1.54, 1.807) is 4.57 Å². The molecular formula is C16H18Br2N2O2S. The molecule has 1 aromatic heterocycles. The molecule has 1 aromatic carbocycles. The third kappa shape index (κ3) is 5.17. The highest BCUT2D eigenvalue weighted by atomic mass is 79.9. The smallest absolute Gasteiger partial charge is 0.262 e. The van der Waals surface area contributed by atoms with Crippen molar-refractivity contribution < 1.29 is 4.74 Å². The van der Waals surface area contributed by atoms with Gasteiger partial charge in [0.1, 0.15) is 0 Å². The lowest BCUT2D eigenvalue weighted by Gasteiger charge is -2.13. The molecule has 0 unspecified atom stereocenters. The number of aromatic nitrogens is 2. The zero-order valence-corrected chi connectivity index (χ0v) is 16.8. The van der Waals surface area contributed by atoms with E-state index in [1.165, 1.54) is 11.8 Å². The lowest BCUT2D eigenvalue weighted by atomic mass is 10.2. The average Bonchev–Trinajstić information content (AvgIpc) is 2.52. The largest absolute Gasteiger partial charge is 0.382 e. The second kappa shape index (κ2) is 9.01. The minimum absolute atomic E-state index is 0.0181. The maximum atomic E-state index is 12.8. The topological polar surface area (TPSA) is 44.1 Å². The molecule has 0 aliphatic carbocycles. The first-order chi connectivity index (χ1) is 11.0. The second-order valence-corrected chi connectivity index (χ2v) is 7.85. The molecule has 0 aliphatic rings. The van der Waals surface area contributed by atoms with E-state index in [1.807, 2.05) is 25.1 Å². The van der Waals surface area contributed by atoms with Gasteiger partial charge >= 0.3 is 0 Å². The standard InChI is InChI=1S/C16H18Br2N2O2S/c1-3-22-8-4-7-20-15(21)13-9-12(18)5-6-14(13)19-16(20)23-10-11(2)17/h5-6,9H,2-4,7-8,10H2,1H3. The summed E-state index contributed by atoms with van der Waals surface area (Å²) in [6.45, 7) is 7.71. The Morgan fingerprint density at radius 3 is 2.96 bits per heavy atom. The zero-order chi connectivity index (χ0) is 16.8. The van der Waals surface area contributed by atoms with Gasteiger partial charge < -0.3 is 4.74 Å². The van der Waals surface area contributed by atoms with Crippen LogP contribution in [0.4, 0.5) is 0 Å². The summed E-state index contributed by atoms with van der Waals surface area (Å²) in [7, 11) is 0. The van der Waals surface area contributed by atoms with Crippen molar-refractivity contribution in [2.75, 3.05) is 19.0 Å². The summed E-state index contributed by atoms with van der Waals surface area (Å²) in [4.78, 5) is 17.5. The van der Waals surface area contributed by atoms with Gasteiger partial charge in [-0.2, -0.15) is 0 Å². The van der Waals surface area contributed by atoms with Gasteiger partial charge in [0.05, 0.1) is 10.9 Å². The van der Waals surface area contributed by atoms with Crippen LogP contribution in [0, 0.1) is 0 Å². The Kier molecular flexibility index (Phi) is 7.33. The SMILES string of the molecule is C=C(Br)CSc1nc2ccc(Br)cc2c(=O)n1CCCOCC. The predicted molar refractivity (Wildman–Crippen MR) is 104 cm³/mol. The van der Waals surface area contributed by atoms with Crippen LogP contribution < -0.4 is 5.56 Å². The summed E-state index contributed by atoms with van der Waals surface area (Å²) in [5.41, 5.74) is 0.692. The molecule has 0 bridgehead atoms. The predicted octanol–water partition coefficient (Wildman–Crippen LogP) is 4.59. The lowest BCUT2D eigenvalue weighted by molar-refractivity contribution is 0.140. The van der Waals surface area contributed by atoms with Crippen LogP contribution in [0.15, 0.2) is 43.7 Å². The fourth-order valence-electron chi connectivity index (χ4n) is 2.09. The van der Waals surface area contributed by atoms with Gasteiger partial charge in [-0.25, -0.2) is 4.98 Å². The van der Waals surface area contributed by atoms with Crippen LogP contribution in [-0.4, -0.2) is 28.5 Å². The molecule has 2 aromatic rings. The number of halogens is 2. The minimum Gasteiger partial charge on any atom is -0.382 e. The van der Waals surface area contributed by atoms with Crippen LogP contribution in [0.5, 0.6) is 0 Å². The highest BCUT2D eigenvalue weighted by molar-refractivity contribution is 9.11. The summed E-state index contributed by atoms with van der Waals surface area (Å²) in [6, 6.07) is 5.58. The molecule has 0 amide bonds. The number of benzene rings is 1. The minimum atomic E-state index is -0.0181. The van der Waals surface area contributed by atoms with Crippen LogP contribution in [-0.2, 0) is 11.3 Å². The number of ether oxygens (including phenoxy) is 1. The third-order valence-corrected chi connectivity index (χ3v) is 5.32. The summed E-state index contributed by atoms with van der Waals surface area (Å²) < 4.78 is 8.84. The van der Waals surface area contributed by atoms with Crippen molar-refractivity contribution in [1.29, 1.82) is 0 Å². The zero-order valence-electron chi connectivity index (χ0n) is 12.8. The molecule has 0 saturated heterocycles. The van der Waals surface area contributed by atoms with Crippen molar-refractivity contribution in [2.45, 2.75) is 25.0 Å². The molecule has 0 spiro atoms. The van der Waals surface area contributed by atoms with E-state index in [-0.39, 0.29) is 5.56 Å². The van der Waals surface area contributed by atoms with Gasteiger partial charge in [0.15, 0.2) is 5.16 Å². The maximum absolute atomic E-state index is 12.8. The highest BCUT2D eigenvalue weighted by Crippen LogP contribution is 2.23. The Morgan fingerprint density at radius 1 is 1.48 bits per heavy atom. The average molecular weight is 462 g/mol. The van der Waals surface area contributed by atoms with E-state index in [9.17, 15) is 4.79 Å². The Hall–Kier alpha value is -0.630. The molecule has 23 heavy (non-hydrogen) atoms. The molecule has 2 rings (SSSR count). The number of fused-ring (bicyclic) bond motifs is 1. The molecule has 0 radical (unpaired) electrons. The molecule has 0 fully saturated rings. The molecule has 0 atom stereocenters. The number of thioether (sulfide) groups is 1. The van der Waals surface area contributed by atoms with Gasteiger partial charge in [0, 0.05) is 30.0 Å². The summed E-state index contributed by atoms with van der Waals surface area (Å²) in [5, 5.41) is 1.33. The summed E-state index contributed by atoms with van der Waals surface area (Å²) in [5.74, 6) is 0.667. The van der Waals surface area contributed by atoms with Gasteiger partial charge in [-0.05, 0) is 36.0 Å². The van der Waals surface area contributed by atoms with Gasteiger partial charge in [-0.1, -0.05) is 50.2 Å². The van der Waals surface area contributed by atoms with E-state index in [0.717, 1.165) is 15.4 Å². The molecule has 0 saturated carbocycles. The van der Waals surface area contributed by atoms with Gasteiger partial charge in [-0.15, -0.1) is 0 Å². The molecule has 0 N–H and O–H groups in total. The van der Waals surface area contributed by atoms with Crippen LogP contribution in [0.3, 0.4) is 0 Å². The first-order valence-corrected chi connectivity index (χ1v) is 9.84. The fourth-order valence-corrected chi connectivity index (χ4v) is 3.58. The molecule has 124 valence electrons. The van der Waals surface area contributed by atoms with Crippen molar-refractivity contribution >= 4 is 54.5 Å². The number of hydrogen-bond donors (Lipinski definition) is 0.